The first kappa shape index (κ1) is 19.9. The zero-order chi connectivity index (χ0) is 21.4. The van der Waals surface area contributed by atoms with Crippen LogP contribution < -0.4 is 22.3 Å². The van der Waals surface area contributed by atoms with Gasteiger partial charge in [-0.15, -0.1) is 5.10 Å². The van der Waals surface area contributed by atoms with Gasteiger partial charge in [-0.25, -0.2) is 9.50 Å². The normalized spacial score (nSPS) is 12.4. The van der Waals surface area contributed by atoms with Gasteiger partial charge in [0.2, 0.25) is 0 Å². The van der Waals surface area contributed by atoms with Crippen LogP contribution in [0.2, 0.25) is 5.02 Å². The molecule has 0 saturated heterocycles. The summed E-state index contributed by atoms with van der Waals surface area (Å²) in [6.07, 6.45) is 3.22. The van der Waals surface area contributed by atoms with E-state index in [0.29, 0.717) is 27.1 Å². The van der Waals surface area contributed by atoms with Crippen LogP contribution >= 0.6 is 11.6 Å². The molecule has 1 atom stereocenters. The first-order valence-corrected chi connectivity index (χ1v) is 9.72. The van der Waals surface area contributed by atoms with Gasteiger partial charge < -0.3 is 21.4 Å². The maximum absolute atomic E-state index is 13.1. The van der Waals surface area contributed by atoms with E-state index in [0.717, 1.165) is 0 Å². The van der Waals surface area contributed by atoms with Crippen molar-refractivity contribution >= 4 is 39.7 Å². The van der Waals surface area contributed by atoms with E-state index in [2.05, 4.69) is 15.4 Å². The molecule has 0 bridgehead atoms. The Morgan fingerprint density at radius 1 is 1.33 bits per heavy atom. The summed E-state index contributed by atoms with van der Waals surface area (Å²) >= 11 is 6.25. The molecular formula is C20H20ClN7O2. The number of rotatable bonds is 5. The summed E-state index contributed by atoms with van der Waals surface area (Å²) in [6.45, 7) is 2.33. The van der Waals surface area contributed by atoms with Gasteiger partial charge in [-0.2, -0.15) is 0 Å². The van der Waals surface area contributed by atoms with Crippen molar-refractivity contribution in [3.05, 3.63) is 69.4 Å². The average Bonchev–Trinajstić information content (AvgIpc) is 3.05. The Balaban J connectivity index is 1.76. The Bertz CT molecular complexity index is 1330. The lowest BCUT2D eigenvalue weighted by Crippen LogP contribution is -2.34. The minimum atomic E-state index is -0.516. The number of hydrogen-bond acceptors (Lipinski definition) is 6. The molecule has 1 aromatic carbocycles. The first-order chi connectivity index (χ1) is 14.4. The van der Waals surface area contributed by atoms with Crippen molar-refractivity contribution in [3.8, 4) is 0 Å². The highest BCUT2D eigenvalue weighted by Gasteiger charge is 2.23. The smallest absolute Gasteiger partial charge is 0.260 e. The van der Waals surface area contributed by atoms with Crippen LogP contribution in [0.4, 0.5) is 5.82 Å². The molecule has 9 nitrogen and oxygen atoms in total. The van der Waals surface area contributed by atoms with Crippen LogP contribution in [0, 0.1) is 0 Å². The number of anilines is 1. The number of amides is 1. The zero-order valence-electron chi connectivity index (χ0n) is 16.2. The molecule has 0 aliphatic heterocycles. The van der Waals surface area contributed by atoms with Gasteiger partial charge in [-0.05, 0) is 30.5 Å². The van der Waals surface area contributed by atoms with Gasteiger partial charge >= 0.3 is 0 Å². The van der Waals surface area contributed by atoms with Gasteiger partial charge in [0.15, 0.2) is 11.5 Å². The fraction of sp³-hybridized carbons (Fsp3) is 0.200. The van der Waals surface area contributed by atoms with Gasteiger partial charge in [0.1, 0.15) is 5.56 Å². The molecule has 5 N–H and O–H groups in total. The lowest BCUT2D eigenvalue weighted by molar-refractivity contribution is 0.0940. The van der Waals surface area contributed by atoms with Crippen molar-refractivity contribution in [1.82, 2.24) is 24.5 Å². The summed E-state index contributed by atoms with van der Waals surface area (Å²) in [5, 5.41) is 8.48. The second-order valence-corrected chi connectivity index (χ2v) is 7.27. The topological polar surface area (TPSA) is 133 Å². The molecular weight excluding hydrogens is 406 g/mol. The minimum absolute atomic E-state index is 0.0723. The summed E-state index contributed by atoms with van der Waals surface area (Å²) in [4.78, 5) is 30.2. The van der Waals surface area contributed by atoms with Crippen LogP contribution in [-0.4, -0.2) is 31.6 Å². The van der Waals surface area contributed by atoms with Gasteiger partial charge in [0.05, 0.1) is 16.5 Å². The number of nitrogens with two attached hydrogens (primary N) is 2. The number of carbonyl (C=O) groups excluding carboxylic acids is 1. The Morgan fingerprint density at radius 3 is 2.90 bits per heavy atom. The van der Waals surface area contributed by atoms with Crippen molar-refractivity contribution in [3.63, 3.8) is 0 Å². The van der Waals surface area contributed by atoms with Crippen molar-refractivity contribution in [2.24, 2.45) is 5.73 Å². The monoisotopic (exact) mass is 425 g/mol. The van der Waals surface area contributed by atoms with Gasteiger partial charge in [0.25, 0.3) is 11.5 Å². The predicted molar refractivity (Wildman–Crippen MR) is 116 cm³/mol. The summed E-state index contributed by atoms with van der Waals surface area (Å²) in [5.74, 6) is -0.366. The number of halogens is 1. The fourth-order valence-electron chi connectivity index (χ4n) is 3.56. The molecule has 0 aliphatic rings. The number of aromatic nitrogens is 4. The summed E-state index contributed by atoms with van der Waals surface area (Å²) < 4.78 is 2.98. The van der Waals surface area contributed by atoms with E-state index in [-0.39, 0.29) is 30.0 Å². The maximum Gasteiger partial charge on any atom is 0.260 e. The molecule has 0 fully saturated rings. The first-order valence-electron chi connectivity index (χ1n) is 9.34. The highest BCUT2D eigenvalue weighted by Crippen LogP contribution is 2.24. The largest absolute Gasteiger partial charge is 0.381 e. The highest BCUT2D eigenvalue weighted by atomic mass is 35.5. The zero-order valence-corrected chi connectivity index (χ0v) is 16.9. The van der Waals surface area contributed by atoms with Crippen LogP contribution in [0.25, 0.3) is 16.4 Å². The molecule has 30 heavy (non-hydrogen) atoms. The molecule has 10 heteroatoms. The molecule has 0 saturated carbocycles. The van der Waals surface area contributed by atoms with Crippen molar-refractivity contribution in [1.29, 1.82) is 0 Å². The van der Waals surface area contributed by atoms with Crippen LogP contribution in [0.1, 0.15) is 29.0 Å². The van der Waals surface area contributed by atoms with E-state index >= 15 is 0 Å². The van der Waals surface area contributed by atoms with E-state index in [4.69, 9.17) is 23.1 Å². The molecule has 1 amide bonds. The molecule has 0 spiro atoms. The van der Waals surface area contributed by atoms with Crippen molar-refractivity contribution in [2.45, 2.75) is 19.5 Å². The van der Waals surface area contributed by atoms with Crippen molar-refractivity contribution in [2.75, 3.05) is 12.3 Å². The van der Waals surface area contributed by atoms with E-state index < -0.39 is 11.9 Å². The minimum Gasteiger partial charge on any atom is -0.381 e. The van der Waals surface area contributed by atoms with Gasteiger partial charge in [0, 0.05) is 31.2 Å². The number of carbonyl (C=O) groups is 1. The number of benzene rings is 1. The van der Waals surface area contributed by atoms with Crippen LogP contribution in [-0.2, 0) is 6.54 Å². The molecule has 0 radical (unpaired) electrons. The predicted octanol–water partition coefficient (Wildman–Crippen LogP) is 1.73. The number of nitrogen functional groups attached to an aromatic ring is 1. The summed E-state index contributed by atoms with van der Waals surface area (Å²) in [7, 11) is 0. The Morgan fingerprint density at radius 2 is 2.13 bits per heavy atom. The third-order valence-corrected chi connectivity index (χ3v) is 5.23. The SMILES string of the molecule is CC(NC(=O)c1c(N)nn2cccnc12)c1cc2cccc(Cl)c2c(=O)n1CCN. The lowest BCUT2D eigenvalue weighted by atomic mass is 10.1. The Labute approximate surface area is 176 Å². The van der Waals surface area contributed by atoms with Crippen LogP contribution in [0.5, 0.6) is 0 Å². The number of pyridine rings is 1. The van der Waals surface area contributed by atoms with Gasteiger partial charge in [-0.1, -0.05) is 23.7 Å². The van der Waals surface area contributed by atoms with Crippen molar-refractivity contribution < 1.29 is 4.79 Å². The molecule has 1 unspecified atom stereocenters. The number of fused-ring (bicyclic) bond motifs is 2. The van der Waals surface area contributed by atoms with Crippen LogP contribution in [0.3, 0.4) is 0 Å². The molecule has 4 aromatic rings. The molecule has 154 valence electrons. The maximum atomic E-state index is 13.1. The molecule has 0 aliphatic carbocycles. The number of hydrogen-bond donors (Lipinski definition) is 3. The molecule has 3 heterocycles. The second kappa shape index (κ2) is 7.77. The van der Waals surface area contributed by atoms with E-state index in [1.165, 1.54) is 9.08 Å². The Kier molecular flexibility index (Phi) is 5.15. The second-order valence-electron chi connectivity index (χ2n) is 6.86. The van der Waals surface area contributed by atoms with E-state index in [1.807, 2.05) is 6.07 Å². The summed E-state index contributed by atoms with van der Waals surface area (Å²) in [5.41, 5.74) is 12.6. The van der Waals surface area contributed by atoms with E-state index in [9.17, 15) is 9.59 Å². The highest BCUT2D eigenvalue weighted by molar-refractivity contribution is 6.35. The molecule has 4 rings (SSSR count). The number of nitrogens with zero attached hydrogens (tertiary/aromatic N) is 4. The summed E-state index contributed by atoms with van der Waals surface area (Å²) in [6, 6.07) is 8.26. The molecule has 3 aromatic heterocycles. The average molecular weight is 426 g/mol. The fourth-order valence-corrected chi connectivity index (χ4v) is 3.82. The Hall–Kier alpha value is -3.43. The van der Waals surface area contributed by atoms with Crippen LogP contribution in [0.15, 0.2) is 47.5 Å². The van der Waals surface area contributed by atoms with E-state index in [1.54, 1.807) is 43.6 Å². The third-order valence-electron chi connectivity index (χ3n) is 4.91. The van der Waals surface area contributed by atoms with Gasteiger partial charge in [-0.3, -0.25) is 9.59 Å². The number of nitrogens with one attached hydrogen (secondary N) is 1. The lowest BCUT2D eigenvalue weighted by Gasteiger charge is -2.20. The standard InChI is InChI=1S/C20H20ClN7O2/c1-11(25-19(29)16-17(23)26-28-8-3-7-24-18(16)28)14-10-12-4-2-5-13(21)15(12)20(30)27(14)9-6-22/h2-5,7-8,10-11H,6,9,22H2,1H3,(H2,23,26)(H,25,29). The quantitative estimate of drug-likeness (QED) is 0.446. The third kappa shape index (κ3) is 3.27.